The zero-order chi connectivity index (χ0) is 23.8. The average molecular weight is 473 g/mol. The fourth-order valence-corrected chi connectivity index (χ4v) is 5.77. The summed E-state index contributed by atoms with van der Waals surface area (Å²) >= 11 is 1.34. The van der Waals surface area contributed by atoms with E-state index in [1.807, 2.05) is 0 Å². The number of benzene rings is 1. The molecule has 1 unspecified atom stereocenters. The molecular weight excluding hydrogens is 448 g/mol. The molecule has 0 saturated carbocycles. The van der Waals surface area contributed by atoms with Crippen molar-refractivity contribution in [3.63, 3.8) is 0 Å². The van der Waals surface area contributed by atoms with Crippen LogP contribution in [0.5, 0.6) is 0 Å². The van der Waals surface area contributed by atoms with Crippen LogP contribution in [-0.2, 0) is 25.6 Å². The maximum Gasteiger partial charge on any atom is 0.327 e. The van der Waals surface area contributed by atoms with Crippen molar-refractivity contribution in [1.82, 2.24) is 30.9 Å². The summed E-state index contributed by atoms with van der Waals surface area (Å²) < 4.78 is -0.695. The lowest BCUT2D eigenvalue weighted by Crippen LogP contribution is -2.71. The first-order chi connectivity index (χ1) is 15.7. The minimum absolute atomic E-state index is 0.103. The summed E-state index contributed by atoms with van der Waals surface area (Å²) in [6, 6.07) is 5.89. The molecule has 4 rings (SSSR count). The third kappa shape index (κ3) is 4.42. The van der Waals surface area contributed by atoms with Crippen molar-refractivity contribution < 1.29 is 24.3 Å². The summed E-state index contributed by atoms with van der Waals surface area (Å²) in [5, 5.41) is 24.6. The van der Waals surface area contributed by atoms with Crippen LogP contribution >= 0.6 is 11.8 Å². The van der Waals surface area contributed by atoms with Gasteiger partial charge in [0.25, 0.3) is 0 Å². The molecule has 2 aliphatic rings. The van der Waals surface area contributed by atoms with Crippen LogP contribution in [0.1, 0.15) is 37.6 Å². The number of nitrogens with zero attached hydrogens (tertiary/aromatic N) is 3. The fraction of sp³-hybridized carbons (Fsp3) is 0.429. The standard InChI is InChI=1S/C21H24N6O5S/c1-21(2)16(20(31)32)27-18(30)15(19(27)33-21)24-17(29)14(11-6-4-3-5-7-11)23-13(28)9-8-12-10-22-26-25-12/h3-7,10,14-16,19H,8-9H2,1-2H3,(H,23,28)(H,24,29)(H,31,32)(H,22,25,26)/t14-,15-,16+,19?/m1/s1. The molecule has 2 fully saturated rings. The van der Waals surface area contributed by atoms with Gasteiger partial charge in [0.15, 0.2) is 0 Å². The van der Waals surface area contributed by atoms with Gasteiger partial charge in [0.1, 0.15) is 23.5 Å². The molecule has 3 amide bonds. The van der Waals surface area contributed by atoms with Crippen LogP contribution in [0.3, 0.4) is 0 Å². The van der Waals surface area contributed by atoms with Crippen LogP contribution in [0, 0.1) is 0 Å². The van der Waals surface area contributed by atoms with Crippen molar-refractivity contribution in [3.8, 4) is 0 Å². The third-order valence-electron chi connectivity index (χ3n) is 5.75. The number of aromatic nitrogens is 3. The second kappa shape index (κ2) is 8.85. The highest BCUT2D eigenvalue weighted by molar-refractivity contribution is 8.01. The molecule has 3 heterocycles. The molecule has 0 radical (unpaired) electrons. The molecular formula is C21H24N6O5S. The summed E-state index contributed by atoms with van der Waals surface area (Å²) in [5.41, 5.74) is 1.19. The topological polar surface area (TPSA) is 157 Å². The molecule has 0 bridgehead atoms. The summed E-state index contributed by atoms with van der Waals surface area (Å²) in [4.78, 5) is 51.5. The first-order valence-electron chi connectivity index (χ1n) is 10.4. The van der Waals surface area contributed by atoms with Gasteiger partial charge in [-0.15, -0.1) is 11.8 Å². The Balaban J connectivity index is 1.45. The lowest BCUT2D eigenvalue weighted by molar-refractivity contribution is -0.161. The SMILES string of the molecule is CC1(C)SC2[C@H](NC(=O)[C@H](NC(=O)CCc3cn[nH]n3)c3ccccc3)C(=O)N2[C@H]1C(=O)O. The number of nitrogens with one attached hydrogen (secondary N) is 3. The predicted octanol–water partition coefficient (Wildman–Crippen LogP) is 0.227. The minimum Gasteiger partial charge on any atom is -0.480 e. The summed E-state index contributed by atoms with van der Waals surface area (Å²) in [5.74, 6) is -2.41. The van der Waals surface area contributed by atoms with Gasteiger partial charge in [-0.25, -0.2) is 4.79 Å². The molecule has 33 heavy (non-hydrogen) atoms. The van der Waals surface area contributed by atoms with Crippen molar-refractivity contribution in [3.05, 3.63) is 47.8 Å². The Hall–Kier alpha value is -3.41. The molecule has 0 aliphatic carbocycles. The Morgan fingerprint density at radius 3 is 2.64 bits per heavy atom. The van der Waals surface area contributed by atoms with E-state index in [4.69, 9.17) is 0 Å². The molecule has 4 N–H and O–H groups in total. The normalized spacial score (nSPS) is 23.9. The van der Waals surface area contributed by atoms with Crippen LogP contribution < -0.4 is 10.6 Å². The largest absolute Gasteiger partial charge is 0.480 e. The van der Waals surface area contributed by atoms with Gasteiger partial charge in [-0.05, 0) is 19.4 Å². The maximum atomic E-state index is 13.2. The van der Waals surface area contributed by atoms with Crippen LogP contribution in [-0.4, -0.2) is 71.3 Å². The van der Waals surface area contributed by atoms with E-state index in [1.54, 1.807) is 44.2 Å². The van der Waals surface area contributed by atoms with E-state index >= 15 is 0 Å². The molecule has 12 heteroatoms. The van der Waals surface area contributed by atoms with Crippen molar-refractivity contribution >= 4 is 35.5 Å². The first-order valence-corrected chi connectivity index (χ1v) is 11.3. The molecule has 4 atom stereocenters. The lowest BCUT2D eigenvalue weighted by atomic mass is 9.95. The molecule has 2 aromatic rings. The Labute approximate surface area is 193 Å². The lowest BCUT2D eigenvalue weighted by Gasteiger charge is -2.44. The second-order valence-electron chi connectivity index (χ2n) is 8.46. The number of β-lactam (4-membered cyclic amide) rings is 1. The highest BCUT2D eigenvalue weighted by Gasteiger charge is 2.64. The molecule has 2 saturated heterocycles. The van der Waals surface area contributed by atoms with Gasteiger partial charge in [-0.2, -0.15) is 15.4 Å². The number of aryl methyl sites for hydroxylation is 1. The van der Waals surface area contributed by atoms with Crippen LogP contribution in [0.15, 0.2) is 36.5 Å². The highest BCUT2D eigenvalue weighted by Crippen LogP contribution is 2.50. The van der Waals surface area contributed by atoms with E-state index < -0.39 is 46.0 Å². The Kier molecular flexibility index (Phi) is 6.11. The number of aromatic amines is 1. The monoisotopic (exact) mass is 472 g/mol. The fourth-order valence-electron chi connectivity index (χ4n) is 4.15. The number of rotatable bonds is 8. The Bertz CT molecular complexity index is 1060. The van der Waals surface area contributed by atoms with Crippen molar-refractivity contribution in [2.24, 2.45) is 0 Å². The summed E-state index contributed by atoms with van der Waals surface area (Å²) in [7, 11) is 0. The van der Waals surface area contributed by atoms with Gasteiger partial charge < -0.3 is 20.6 Å². The molecule has 1 aromatic heterocycles. The van der Waals surface area contributed by atoms with Crippen molar-refractivity contribution in [2.75, 3.05) is 0 Å². The zero-order valence-electron chi connectivity index (χ0n) is 18.0. The number of H-pyrrole nitrogens is 1. The molecule has 2 aliphatic heterocycles. The second-order valence-corrected chi connectivity index (χ2v) is 10.2. The van der Waals surface area contributed by atoms with Crippen LogP contribution in [0.2, 0.25) is 0 Å². The van der Waals surface area contributed by atoms with Crippen LogP contribution in [0.25, 0.3) is 0 Å². The molecule has 174 valence electrons. The van der Waals surface area contributed by atoms with E-state index in [0.717, 1.165) is 0 Å². The number of carboxylic acids is 1. The Morgan fingerprint density at radius 2 is 2.00 bits per heavy atom. The summed E-state index contributed by atoms with van der Waals surface area (Å²) in [6.07, 6.45) is 1.98. The Morgan fingerprint density at radius 1 is 1.27 bits per heavy atom. The van der Waals surface area contributed by atoms with Gasteiger partial charge in [-0.3, -0.25) is 14.4 Å². The summed E-state index contributed by atoms with van der Waals surface area (Å²) in [6.45, 7) is 3.53. The highest BCUT2D eigenvalue weighted by atomic mass is 32.2. The average Bonchev–Trinajstić information content (AvgIpc) is 3.38. The van der Waals surface area contributed by atoms with Crippen LogP contribution in [0.4, 0.5) is 0 Å². The molecule has 0 spiro atoms. The van der Waals surface area contributed by atoms with E-state index in [0.29, 0.717) is 17.7 Å². The van der Waals surface area contributed by atoms with Gasteiger partial charge in [0, 0.05) is 17.6 Å². The number of thioether (sulfide) groups is 1. The number of hydrogen-bond donors (Lipinski definition) is 4. The van der Waals surface area contributed by atoms with Gasteiger partial charge in [-0.1, -0.05) is 30.3 Å². The first kappa shape index (κ1) is 22.8. The quantitative estimate of drug-likeness (QED) is 0.398. The van der Waals surface area contributed by atoms with Crippen molar-refractivity contribution in [1.29, 1.82) is 0 Å². The zero-order valence-corrected chi connectivity index (χ0v) is 18.8. The maximum absolute atomic E-state index is 13.2. The third-order valence-corrected chi connectivity index (χ3v) is 7.32. The van der Waals surface area contributed by atoms with E-state index in [1.165, 1.54) is 22.9 Å². The number of aliphatic carboxylic acids is 1. The molecule has 11 nitrogen and oxygen atoms in total. The van der Waals surface area contributed by atoms with E-state index in [9.17, 15) is 24.3 Å². The predicted molar refractivity (Wildman–Crippen MR) is 118 cm³/mol. The number of carboxylic acid groups (broad SMARTS) is 1. The molecule has 1 aromatic carbocycles. The van der Waals surface area contributed by atoms with Gasteiger partial charge >= 0.3 is 5.97 Å². The van der Waals surface area contributed by atoms with E-state index in [-0.39, 0.29) is 12.3 Å². The minimum atomic E-state index is -1.07. The number of fused-ring (bicyclic) bond motifs is 1. The number of hydrogen-bond acceptors (Lipinski definition) is 7. The van der Waals surface area contributed by atoms with Gasteiger partial charge in [0.2, 0.25) is 17.7 Å². The number of carbonyl (C=O) groups is 4. The smallest absolute Gasteiger partial charge is 0.327 e. The number of carbonyl (C=O) groups excluding carboxylic acids is 3. The van der Waals surface area contributed by atoms with E-state index in [2.05, 4.69) is 26.0 Å². The number of amides is 3. The van der Waals surface area contributed by atoms with Gasteiger partial charge in [0.05, 0.1) is 11.9 Å². The van der Waals surface area contributed by atoms with Crippen molar-refractivity contribution in [2.45, 2.75) is 54.9 Å².